The third kappa shape index (κ3) is 4.37. The summed E-state index contributed by atoms with van der Waals surface area (Å²) in [5.74, 6) is -0.517. The smallest absolute Gasteiger partial charge is 0.213 e. The fourth-order valence-electron chi connectivity index (χ4n) is 1.56. The Morgan fingerprint density at radius 3 is 2.62 bits per heavy atom. The van der Waals surface area contributed by atoms with Gasteiger partial charge in [-0.15, -0.1) is 16.9 Å². The molecule has 5 nitrogen and oxygen atoms in total. The van der Waals surface area contributed by atoms with Gasteiger partial charge in [0.05, 0.1) is 5.97 Å². The summed E-state index contributed by atoms with van der Waals surface area (Å²) < 4.78 is 0. The molecule has 0 saturated carbocycles. The highest BCUT2D eigenvalue weighted by Gasteiger charge is 2.08. The first-order valence-corrected chi connectivity index (χ1v) is 8.32. The highest BCUT2D eigenvalue weighted by atomic mass is 32.2. The Kier molecular flexibility index (Phi) is 5.46. The number of carbonyl (C=O) groups is 1. The number of carboxylic acids is 1. The number of carbonyl (C=O) groups excluding carboxylic acids is 1. The molecule has 1 aromatic heterocycles. The molecule has 110 valence electrons. The van der Waals surface area contributed by atoms with Crippen LogP contribution < -0.4 is 5.11 Å². The second kappa shape index (κ2) is 7.33. The highest BCUT2D eigenvalue weighted by Crippen LogP contribution is 2.25. The molecule has 0 spiro atoms. The van der Waals surface area contributed by atoms with Gasteiger partial charge in [-0.25, -0.2) is 4.98 Å². The van der Waals surface area contributed by atoms with E-state index >= 15 is 0 Å². The molecule has 0 amide bonds. The van der Waals surface area contributed by atoms with Crippen LogP contribution in [-0.4, -0.2) is 27.4 Å². The van der Waals surface area contributed by atoms with Crippen LogP contribution in [0.4, 0.5) is 0 Å². The summed E-state index contributed by atoms with van der Waals surface area (Å²) in [4.78, 5) is 16.6. The van der Waals surface area contributed by atoms with E-state index in [0.717, 1.165) is 28.0 Å². The van der Waals surface area contributed by atoms with Crippen molar-refractivity contribution in [3.63, 3.8) is 0 Å². The molecule has 1 aromatic carbocycles. The Hall–Kier alpha value is -1.73. The maximum atomic E-state index is 11.2. The third-order valence-corrected chi connectivity index (χ3v) is 4.28. The summed E-state index contributed by atoms with van der Waals surface area (Å²) in [6, 6.07) is 7.61. The number of rotatable bonds is 6. The zero-order valence-electron chi connectivity index (χ0n) is 11.6. The number of aromatic amines is 1. The van der Waals surface area contributed by atoms with E-state index in [4.69, 9.17) is 0 Å². The van der Waals surface area contributed by atoms with Gasteiger partial charge in [-0.05, 0) is 41.8 Å². The number of hydrogen-bond donors (Lipinski definition) is 1. The quantitative estimate of drug-likeness (QED) is 0.647. The molecule has 0 fully saturated rings. The van der Waals surface area contributed by atoms with Gasteiger partial charge in [-0.2, -0.15) is 0 Å². The molecule has 0 saturated heterocycles. The molecule has 2 rings (SSSR count). The molecule has 0 aliphatic heterocycles. The Labute approximate surface area is 131 Å². The first-order chi connectivity index (χ1) is 10.1. The number of hydrogen-bond acceptors (Lipinski definition) is 6. The van der Waals surface area contributed by atoms with Crippen molar-refractivity contribution in [2.45, 2.75) is 23.4 Å². The molecule has 0 atom stereocenters. The molecule has 1 heterocycles. The zero-order chi connectivity index (χ0) is 15.2. The zero-order valence-corrected chi connectivity index (χ0v) is 13.3. The fourth-order valence-corrected chi connectivity index (χ4v) is 2.69. The lowest BCUT2D eigenvalue weighted by molar-refractivity contribution is -0.297. The number of aryl methyl sites for hydroxylation is 1. The minimum Gasteiger partial charge on any atom is -0.544 e. The van der Waals surface area contributed by atoms with Crippen molar-refractivity contribution in [3.05, 3.63) is 40.6 Å². The van der Waals surface area contributed by atoms with Crippen molar-refractivity contribution >= 4 is 35.6 Å². The van der Waals surface area contributed by atoms with E-state index in [9.17, 15) is 9.90 Å². The van der Waals surface area contributed by atoms with Crippen LogP contribution in [0.5, 0.6) is 0 Å². The number of nitrogens with one attached hydrogen (secondary N) is 1. The molecule has 1 N–H and O–H groups in total. The van der Waals surface area contributed by atoms with Gasteiger partial charge in [-0.1, -0.05) is 19.1 Å². The lowest BCUT2D eigenvalue weighted by Crippen LogP contribution is -2.23. The monoisotopic (exact) mass is 320 g/mol. The lowest BCUT2D eigenvalue weighted by atomic mass is 10.2. The summed E-state index contributed by atoms with van der Waals surface area (Å²) in [6.45, 7) is 1.94. The number of benzene rings is 1. The number of thioether (sulfide) groups is 2. The number of aliphatic carboxylic acids is 1. The summed E-state index contributed by atoms with van der Waals surface area (Å²) in [6.07, 6.45) is 4.27. The van der Waals surface area contributed by atoms with Crippen LogP contribution in [0, 0.1) is 0 Å². The van der Waals surface area contributed by atoms with Crippen LogP contribution in [0.15, 0.2) is 39.2 Å². The lowest BCUT2D eigenvalue weighted by Gasteiger charge is -2.06. The number of H-pyrrole nitrogens is 1. The van der Waals surface area contributed by atoms with Gasteiger partial charge in [0.15, 0.2) is 0 Å². The SMILES string of the molecule is CCc1nc(S/C(=C\c2ccc(SC)cc2)C(=O)[O-])n[nH]1. The van der Waals surface area contributed by atoms with E-state index in [1.54, 1.807) is 17.8 Å². The van der Waals surface area contributed by atoms with E-state index < -0.39 is 5.97 Å². The van der Waals surface area contributed by atoms with Crippen LogP contribution >= 0.6 is 23.5 Å². The fraction of sp³-hybridized carbons (Fsp3) is 0.214. The average molecular weight is 320 g/mol. The van der Waals surface area contributed by atoms with Crippen molar-refractivity contribution < 1.29 is 9.90 Å². The molecule has 0 radical (unpaired) electrons. The normalized spacial score (nSPS) is 11.6. The summed E-state index contributed by atoms with van der Waals surface area (Å²) in [5, 5.41) is 18.3. The summed E-state index contributed by atoms with van der Waals surface area (Å²) >= 11 is 2.61. The van der Waals surface area contributed by atoms with Gasteiger partial charge in [0.1, 0.15) is 5.82 Å². The first-order valence-electron chi connectivity index (χ1n) is 6.28. The minimum absolute atomic E-state index is 0.0774. The van der Waals surface area contributed by atoms with Crippen molar-refractivity contribution in [3.8, 4) is 0 Å². The predicted octanol–water partition coefficient (Wildman–Crippen LogP) is 1.97. The van der Waals surface area contributed by atoms with Crippen LogP contribution in [0.1, 0.15) is 18.3 Å². The Morgan fingerprint density at radius 1 is 1.38 bits per heavy atom. The van der Waals surface area contributed by atoms with Gasteiger partial charge < -0.3 is 9.90 Å². The van der Waals surface area contributed by atoms with Crippen LogP contribution in [-0.2, 0) is 11.2 Å². The molecule has 0 aliphatic rings. The minimum atomic E-state index is -1.24. The molecule has 2 aromatic rings. The number of carboxylic acid groups (broad SMARTS) is 1. The Morgan fingerprint density at radius 2 is 2.10 bits per heavy atom. The van der Waals surface area contributed by atoms with Gasteiger partial charge in [0, 0.05) is 16.2 Å². The van der Waals surface area contributed by atoms with Crippen molar-refractivity contribution in [2.24, 2.45) is 0 Å². The van der Waals surface area contributed by atoms with E-state index in [0.29, 0.717) is 11.6 Å². The van der Waals surface area contributed by atoms with Gasteiger partial charge >= 0.3 is 0 Å². The van der Waals surface area contributed by atoms with Crippen molar-refractivity contribution in [1.82, 2.24) is 15.2 Å². The maximum Gasteiger partial charge on any atom is 0.213 e. The number of aromatic nitrogens is 3. The molecule has 0 bridgehead atoms. The number of nitrogens with zero attached hydrogens (tertiary/aromatic N) is 2. The molecule has 21 heavy (non-hydrogen) atoms. The van der Waals surface area contributed by atoms with E-state index in [1.165, 1.54) is 0 Å². The standard InChI is InChI=1S/C14H15N3O2S2/c1-3-12-15-14(17-16-12)21-11(13(18)19)8-9-4-6-10(20-2)7-5-9/h4-8H,3H2,1-2H3,(H,18,19)(H,15,16,17)/p-1/b11-8-. The Balaban J connectivity index is 2.20. The molecule has 7 heteroatoms. The second-order valence-electron chi connectivity index (χ2n) is 4.09. The van der Waals surface area contributed by atoms with Crippen LogP contribution in [0.25, 0.3) is 6.08 Å². The van der Waals surface area contributed by atoms with E-state index in [-0.39, 0.29) is 4.91 Å². The topological polar surface area (TPSA) is 81.7 Å². The van der Waals surface area contributed by atoms with E-state index in [2.05, 4.69) is 15.2 Å². The van der Waals surface area contributed by atoms with Gasteiger partial charge in [0.25, 0.3) is 0 Å². The summed E-state index contributed by atoms with van der Waals surface area (Å²) in [7, 11) is 0. The summed E-state index contributed by atoms with van der Waals surface area (Å²) in [5.41, 5.74) is 0.797. The average Bonchev–Trinajstić information content (AvgIpc) is 2.95. The molecular weight excluding hydrogens is 306 g/mol. The highest BCUT2D eigenvalue weighted by molar-refractivity contribution is 8.04. The largest absolute Gasteiger partial charge is 0.544 e. The van der Waals surface area contributed by atoms with Crippen LogP contribution in [0.3, 0.4) is 0 Å². The maximum absolute atomic E-state index is 11.2. The van der Waals surface area contributed by atoms with Gasteiger partial charge in [0.2, 0.25) is 5.16 Å². The first kappa shape index (κ1) is 15.7. The van der Waals surface area contributed by atoms with Gasteiger partial charge in [-0.3, -0.25) is 5.10 Å². The van der Waals surface area contributed by atoms with E-state index in [1.807, 2.05) is 37.4 Å². The van der Waals surface area contributed by atoms with Crippen LogP contribution in [0.2, 0.25) is 0 Å². The molecule has 0 aliphatic carbocycles. The molecule has 0 unspecified atom stereocenters. The second-order valence-corrected chi connectivity index (χ2v) is 5.98. The predicted molar refractivity (Wildman–Crippen MR) is 82.8 cm³/mol. The Bertz CT molecular complexity index is 650. The van der Waals surface area contributed by atoms with Crippen molar-refractivity contribution in [2.75, 3.05) is 6.26 Å². The third-order valence-electron chi connectivity index (χ3n) is 2.66. The van der Waals surface area contributed by atoms with Crippen molar-refractivity contribution in [1.29, 1.82) is 0 Å². The molecular formula is C14H14N3O2S2-.